The number of aryl methyl sites for hydroxylation is 2. The van der Waals surface area contributed by atoms with E-state index in [2.05, 4.69) is 0 Å². The molecule has 0 N–H and O–H groups in total. The lowest BCUT2D eigenvalue weighted by atomic mass is 10.2. The highest BCUT2D eigenvalue weighted by atomic mass is 35.5. The third kappa shape index (κ3) is 3.50. The van der Waals surface area contributed by atoms with E-state index >= 15 is 0 Å². The van der Waals surface area contributed by atoms with Gasteiger partial charge in [-0.05, 0) is 32.0 Å². The van der Waals surface area contributed by atoms with Crippen molar-refractivity contribution in [3.63, 3.8) is 0 Å². The van der Waals surface area contributed by atoms with Crippen molar-refractivity contribution in [3.05, 3.63) is 49.6 Å². The second-order valence-electron chi connectivity index (χ2n) is 4.11. The van der Waals surface area contributed by atoms with Gasteiger partial charge in [0.1, 0.15) is 5.75 Å². The van der Waals surface area contributed by atoms with E-state index in [0.717, 1.165) is 15.3 Å². The summed E-state index contributed by atoms with van der Waals surface area (Å²) in [6.45, 7) is 3.91. The van der Waals surface area contributed by atoms with Crippen LogP contribution < -0.4 is 4.74 Å². The van der Waals surface area contributed by atoms with Crippen LogP contribution in [0.1, 0.15) is 20.1 Å². The SMILES string of the molecule is Cc1cc(C(=O)COc2ccc(Cl)c(Cl)c2)c(C)s1. The van der Waals surface area contributed by atoms with Crippen LogP contribution in [-0.4, -0.2) is 12.4 Å². The zero-order valence-electron chi connectivity index (χ0n) is 10.5. The van der Waals surface area contributed by atoms with E-state index in [9.17, 15) is 4.79 Å². The van der Waals surface area contributed by atoms with Crippen molar-refractivity contribution in [2.24, 2.45) is 0 Å². The van der Waals surface area contributed by atoms with E-state index in [1.165, 1.54) is 0 Å². The molecule has 2 nitrogen and oxygen atoms in total. The summed E-state index contributed by atoms with van der Waals surface area (Å²) >= 11 is 13.3. The average Bonchev–Trinajstić information content (AvgIpc) is 2.70. The molecule has 1 heterocycles. The molecule has 2 rings (SSSR count). The maximum absolute atomic E-state index is 12.0. The minimum absolute atomic E-state index is 0.00499. The van der Waals surface area contributed by atoms with Crippen molar-refractivity contribution in [1.82, 2.24) is 0 Å². The first-order chi connectivity index (χ1) is 8.97. The van der Waals surface area contributed by atoms with Gasteiger partial charge in [-0.2, -0.15) is 0 Å². The Kier molecular flexibility index (Phi) is 4.50. The Labute approximate surface area is 125 Å². The molecule has 0 unspecified atom stereocenters. The summed E-state index contributed by atoms with van der Waals surface area (Å²) in [4.78, 5) is 14.2. The summed E-state index contributed by atoms with van der Waals surface area (Å²) in [5.41, 5.74) is 0.725. The normalized spacial score (nSPS) is 10.5. The number of thiophene rings is 1. The molecule has 0 aliphatic carbocycles. The van der Waals surface area contributed by atoms with Gasteiger partial charge in [0, 0.05) is 21.4 Å². The van der Waals surface area contributed by atoms with Gasteiger partial charge in [-0.1, -0.05) is 23.2 Å². The van der Waals surface area contributed by atoms with Crippen LogP contribution in [0.5, 0.6) is 5.75 Å². The van der Waals surface area contributed by atoms with Gasteiger partial charge in [0.2, 0.25) is 5.78 Å². The number of carbonyl (C=O) groups excluding carboxylic acids is 1. The highest BCUT2D eigenvalue weighted by Crippen LogP contribution is 2.26. The second-order valence-corrected chi connectivity index (χ2v) is 6.39. The Bertz CT molecular complexity index is 620. The quantitative estimate of drug-likeness (QED) is 0.748. The molecule has 0 atom stereocenters. The van der Waals surface area contributed by atoms with E-state index in [0.29, 0.717) is 15.8 Å². The van der Waals surface area contributed by atoms with Crippen LogP contribution in [0, 0.1) is 13.8 Å². The lowest BCUT2D eigenvalue weighted by Gasteiger charge is -2.06. The summed E-state index contributed by atoms with van der Waals surface area (Å²) in [5.74, 6) is 0.500. The summed E-state index contributed by atoms with van der Waals surface area (Å²) in [6, 6.07) is 6.82. The molecule has 100 valence electrons. The predicted octanol–water partition coefficient (Wildman–Crippen LogP) is 4.93. The molecular formula is C14H12Cl2O2S. The van der Waals surface area contributed by atoms with E-state index < -0.39 is 0 Å². The minimum Gasteiger partial charge on any atom is -0.485 e. The van der Waals surface area contributed by atoms with Crippen LogP contribution >= 0.6 is 34.5 Å². The molecule has 5 heteroatoms. The van der Waals surface area contributed by atoms with Gasteiger partial charge >= 0.3 is 0 Å². The number of ketones is 1. The van der Waals surface area contributed by atoms with Crippen LogP contribution in [-0.2, 0) is 0 Å². The Morgan fingerprint density at radius 2 is 1.95 bits per heavy atom. The topological polar surface area (TPSA) is 26.3 Å². The van der Waals surface area contributed by atoms with Gasteiger partial charge in [0.25, 0.3) is 0 Å². The summed E-state index contributed by atoms with van der Waals surface area (Å²) in [5, 5.41) is 0.874. The lowest BCUT2D eigenvalue weighted by Crippen LogP contribution is -2.11. The maximum atomic E-state index is 12.0. The first-order valence-corrected chi connectivity index (χ1v) is 7.22. The third-order valence-electron chi connectivity index (χ3n) is 2.60. The summed E-state index contributed by atoms with van der Waals surface area (Å²) in [7, 11) is 0. The molecule has 19 heavy (non-hydrogen) atoms. The van der Waals surface area contributed by atoms with Crippen molar-refractivity contribution in [1.29, 1.82) is 0 Å². The molecule has 0 bridgehead atoms. The molecule has 0 saturated carbocycles. The number of rotatable bonds is 4. The molecule has 2 aromatic rings. The van der Waals surface area contributed by atoms with Gasteiger partial charge in [0.15, 0.2) is 6.61 Å². The molecule has 0 fully saturated rings. The number of ether oxygens (including phenoxy) is 1. The van der Waals surface area contributed by atoms with Crippen molar-refractivity contribution in [2.75, 3.05) is 6.61 Å². The Morgan fingerprint density at radius 1 is 1.21 bits per heavy atom. The Morgan fingerprint density at radius 3 is 2.53 bits per heavy atom. The molecule has 0 amide bonds. The van der Waals surface area contributed by atoms with E-state index in [1.807, 2.05) is 19.9 Å². The standard InChI is InChI=1S/C14H12Cl2O2S/c1-8-5-11(9(2)19-8)14(17)7-18-10-3-4-12(15)13(16)6-10/h3-6H,7H2,1-2H3. The van der Waals surface area contributed by atoms with Crippen molar-refractivity contribution in [3.8, 4) is 5.75 Å². The fraction of sp³-hybridized carbons (Fsp3) is 0.214. The second kappa shape index (κ2) is 5.95. The van der Waals surface area contributed by atoms with Crippen LogP contribution in [0.4, 0.5) is 0 Å². The van der Waals surface area contributed by atoms with Gasteiger partial charge in [-0.25, -0.2) is 0 Å². The number of Topliss-reactive ketones (excluding diaryl/α,β-unsaturated/α-hetero) is 1. The lowest BCUT2D eigenvalue weighted by molar-refractivity contribution is 0.0921. The minimum atomic E-state index is -0.0343. The van der Waals surface area contributed by atoms with Crippen LogP contribution in [0.3, 0.4) is 0 Å². The first-order valence-electron chi connectivity index (χ1n) is 5.65. The van der Waals surface area contributed by atoms with Gasteiger partial charge in [-0.15, -0.1) is 11.3 Å². The number of hydrogen-bond acceptors (Lipinski definition) is 3. The van der Waals surface area contributed by atoms with Gasteiger partial charge in [-0.3, -0.25) is 4.79 Å². The smallest absolute Gasteiger partial charge is 0.201 e. The van der Waals surface area contributed by atoms with Gasteiger partial charge in [0.05, 0.1) is 10.0 Å². The van der Waals surface area contributed by atoms with E-state index in [4.69, 9.17) is 27.9 Å². The number of halogens is 2. The predicted molar refractivity (Wildman–Crippen MR) is 80.1 cm³/mol. The third-order valence-corrected chi connectivity index (χ3v) is 4.31. The van der Waals surface area contributed by atoms with Gasteiger partial charge < -0.3 is 4.74 Å². The van der Waals surface area contributed by atoms with E-state index in [1.54, 1.807) is 29.5 Å². The van der Waals surface area contributed by atoms with Crippen molar-refractivity contribution >= 4 is 40.3 Å². The molecule has 1 aromatic carbocycles. The summed E-state index contributed by atoms with van der Waals surface area (Å²) in [6.07, 6.45) is 0. The highest BCUT2D eigenvalue weighted by molar-refractivity contribution is 7.12. The largest absolute Gasteiger partial charge is 0.485 e. The molecule has 0 saturated heterocycles. The Balaban J connectivity index is 2.04. The molecule has 0 aliphatic heterocycles. The molecular weight excluding hydrogens is 303 g/mol. The molecule has 1 aromatic heterocycles. The fourth-order valence-corrected chi connectivity index (χ4v) is 2.93. The molecule has 0 spiro atoms. The fourth-order valence-electron chi connectivity index (χ4n) is 1.70. The maximum Gasteiger partial charge on any atom is 0.201 e. The number of carbonyl (C=O) groups is 1. The Hall–Kier alpha value is -1.03. The average molecular weight is 315 g/mol. The zero-order chi connectivity index (χ0) is 14.0. The summed E-state index contributed by atoms with van der Waals surface area (Å²) < 4.78 is 5.43. The van der Waals surface area contributed by atoms with E-state index in [-0.39, 0.29) is 12.4 Å². The van der Waals surface area contributed by atoms with Crippen LogP contribution in [0.2, 0.25) is 10.0 Å². The number of benzene rings is 1. The zero-order valence-corrected chi connectivity index (χ0v) is 12.8. The monoisotopic (exact) mass is 314 g/mol. The van der Waals surface area contributed by atoms with Crippen LogP contribution in [0.15, 0.2) is 24.3 Å². The number of hydrogen-bond donors (Lipinski definition) is 0. The van der Waals surface area contributed by atoms with Crippen molar-refractivity contribution in [2.45, 2.75) is 13.8 Å². The highest BCUT2D eigenvalue weighted by Gasteiger charge is 2.13. The van der Waals surface area contributed by atoms with Crippen LogP contribution in [0.25, 0.3) is 0 Å². The molecule has 0 aliphatic rings. The molecule has 0 radical (unpaired) electrons. The first kappa shape index (κ1) is 14.4. The van der Waals surface area contributed by atoms with Crippen molar-refractivity contribution < 1.29 is 9.53 Å².